The zero-order valence-corrected chi connectivity index (χ0v) is 28.1. The second kappa shape index (κ2) is 11.2. The molecule has 0 saturated carbocycles. The summed E-state index contributed by atoms with van der Waals surface area (Å²) in [6, 6.07) is 60.9. The number of benzene rings is 7. The van der Waals surface area contributed by atoms with Crippen LogP contribution in [0.25, 0.3) is 99.0 Å². The average Bonchev–Trinajstić information content (AvgIpc) is 3.74. The Kier molecular flexibility index (Phi) is 6.22. The lowest BCUT2D eigenvalue weighted by Gasteiger charge is -2.13. The van der Waals surface area contributed by atoms with Gasteiger partial charge in [0, 0.05) is 56.1 Å². The predicted octanol–water partition coefficient (Wildman–Crippen LogP) is 12.3. The molecule has 0 radical (unpaired) electrons. The molecule has 0 spiro atoms. The van der Waals surface area contributed by atoms with Crippen molar-refractivity contribution >= 4 is 65.4 Å². The summed E-state index contributed by atoms with van der Waals surface area (Å²) in [4.78, 5) is 9.79. The Morgan fingerprint density at radius 3 is 0.962 bits per heavy atom. The first-order valence-corrected chi connectivity index (χ1v) is 17.7. The monoisotopic (exact) mass is 662 g/mol. The van der Waals surface area contributed by atoms with Crippen LogP contribution in [0.15, 0.2) is 182 Å². The molecule has 4 aromatic heterocycles. The van der Waals surface area contributed by atoms with Gasteiger partial charge in [-0.3, -0.25) is 9.97 Å². The maximum atomic E-state index is 4.89. The van der Waals surface area contributed by atoms with E-state index in [4.69, 9.17) is 9.97 Å². The van der Waals surface area contributed by atoms with Gasteiger partial charge in [0.05, 0.1) is 33.1 Å². The fraction of sp³-hybridized carbons (Fsp3) is 0. The van der Waals surface area contributed by atoms with Gasteiger partial charge in [0.15, 0.2) is 0 Å². The number of para-hydroxylation sites is 4. The zero-order chi connectivity index (χ0) is 34.2. The van der Waals surface area contributed by atoms with E-state index < -0.39 is 0 Å². The molecule has 4 heterocycles. The fourth-order valence-corrected chi connectivity index (χ4v) is 8.31. The molecule has 0 aliphatic rings. The highest BCUT2D eigenvalue weighted by Gasteiger charge is 2.16. The van der Waals surface area contributed by atoms with Crippen molar-refractivity contribution < 1.29 is 0 Å². The summed E-state index contributed by atoms with van der Waals surface area (Å²) in [5.41, 5.74) is 13.5. The van der Waals surface area contributed by atoms with Crippen molar-refractivity contribution in [3.05, 3.63) is 182 Å². The third-order valence-electron chi connectivity index (χ3n) is 10.7. The van der Waals surface area contributed by atoms with Gasteiger partial charge in [-0.2, -0.15) is 0 Å². The van der Waals surface area contributed by atoms with Gasteiger partial charge in [-0.25, -0.2) is 0 Å². The van der Waals surface area contributed by atoms with E-state index in [-0.39, 0.29) is 0 Å². The molecule has 0 saturated heterocycles. The van der Waals surface area contributed by atoms with Gasteiger partial charge < -0.3 is 9.13 Å². The van der Waals surface area contributed by atoms with E-state index in [2.05, 4.69) is 179 Å². The molecule has 0 atom stereocenters. The Morgan fingerprint density at radius 2 is 0.615 bits per heavy atom. The molecular weight excluding hydrogens is 633 g/mol. The molecule has 0 bridgehead atoms. The minimum Gasteiger partial charge on any atom is -0.309 e. The van der Waals surface area contributed by atoms with Crippen LogP contribution in [-0.2, 0) is 0 Å². The van der Waals surface area contributed by atoms with Crippen LogP contribution in [0.4, 0.5) is 0 Å². The second-order valence-electron chi connectivity index (χ2n) is 13.4. The zero-order valence-electron chi connectivity index (χ0n) is 28.1. The molecule has 0 unspecified atom stereocenters. The Morgan fingerprint density at radius 1 is 0.288 bits per heavy atom. The standard InChI is InChI=1S/C48H30N4/c1-5-13-43-37(9-1)38-10-2-6-14-44(38)51(43)33-21-17-31(18-22-33)35-27-29-49-47-41(35)25-26-42-36(28-30-50-48(42)47)32-19-23-34(24-20-32)52-45-15-7-3-11-39(45)40-12-4-8-16-46(40)52/h1-30H. The molecule has 0 amide bonds. The van der Waals surface area contributed by atoms with Crippen LogP contribution in [0.2, 0.25) is 0 Å². The van der Waals surface area contributed by atoms with E-state index in [0.29, 0.717) is 0 Å². The van der Waals surface area contributed by atoms with E-state index in [1.165, 1.54) is 43.6 Å². The number of aromatic nitrogens is 4. The molecule has 0 aliphatic carbocycles. The molecule has 7 aromatic carbocycles. The van der Waals surface area contributed by atoms with Crippen molar-refractivity contribution in [2.24, 2.45) is 0 Å². The summed E-state index contributed by atoms with van der Waals surface area (Å²) >= 11 is 0. The van der Waals surface area contributed by atoms with E-state index in [0.717, 1.165) is 55.4 Å². The van der Waals surface area contributed by atoms with Crippen LogP contribution in [-0.4, -0.2) is 19.1 Å². The topological polar surface area (TPSA) is 35.6 Å². The SMILES string of the molecule is c1ccc2c(c1)c1ccccc1n2-c1ccc(-c2ccnc3c2ccc2c(-c4ccc(-n5c6ccccc6c6ccccc65)cc4)ccnc23)cc1. The third kappa shape index (κ3) is 4.21. The molecule has 0 aliphatic heterocycles. The Labute approximate surface area is 299 Å². The first-order chi connectivity index (χ1) is 25.8. The van der Waals surface area contributed by atoms with Gasteiger partial charge in [0.25, 0.3) is 0 Å². The van der Waals surface area contributed by atoms with Crippen LogP contribution >= 0.6 is 0 Å². The minimum atomic E-state index is 0.908. The quantitative estimate of drug-likeness (QED) is 0.176. The molecule has 0 N–H and O–H groups in total. The molecule has 11 rings (SSSR count). The summed E-state index contributed by atoms with van der Waals surface area (Å²) in [7, 11) is 0. The molecule has 4 heteroatoms. The van der Waals surface area contributed by atoms with Gasteiger partial charge in [-0.15, -0.1) is 0 Å². The van der Waals surface area contributed by atoms with E-state index in [1.807, 2.05) is 12.4 Å². The first kappa shape index (κ1) is 28.8. The highest BCUT2D eigenvalue weighted by molar-refractivity contribution is 6.13. The summed E-state index contributed by atoms with van der Waals surface area (Å²) in [5.74, 6) is 0. The van der Waals surface area contributed by atoms with Crippen LogP contribution in [0.5, 0.6) is 0 Å². The predicted molar refractivity (Wildman–Crippen MR) is 217 cm³/mol. The van der Waals surface area contributed by atoms with Crippen molar-refractivity contribution in [2.45, 2.75) is 0 Å². The summed E-state index contributed by atoms with van der Waals surface area (Å²) in [5, 5.41) is 7.23. The lowest BCUT2D eigenvalue weighted by Crippen LogP contribution is -1.94. The summed E-state index contributed by atoms with van der Waals surface area (Å²) < 4.78 is 4.71. The summed E-state index contributed by atoms with van der Waals surface area (Å²) in [6.45, 7) is 0. The maximum absolute atomic E-state index is 4.89. The maximum Gasteiger partial charge on any atom is 0.0970 e. The van der Waals surface area contributed by atoms with E-state index in [9.17, 15) is 0 Å². The van der Waals surface area contributed by atoms with Crippen molar-refractivity contribution in [1.29, 1.82) is 0 Å². The number of pyridine rings is 2. The van der Waals surface area contributed by atoms with Gasteiger partial charge >= 0.3 is 0 Å². The van der Waals surface area contributed by atoms with Crippen LogP contribution in [0.1, 0.15) is 0 Å². The molecule has 52 heavy (non-hydrogen) atoms. The molecule has 11 aromatic rings. The Hall–Kier alpha value is -7.04. The number of fused-ring (bicyclic) bond motifs is 9. The molecule has 0 fully saturated rings. The van der Waals surface area contributed by atoms with Crippen molar-refractivity contribution in [2.75, 3.05) is 0 Å². The van der Waals surface area contributed by atoms with E-state index >= 15 is 0 Å². The van der Waals surface area contributed by atoms with Crippen molar-refractivity contribution in [3.8, 4) is 33.6 Å². The molecule has 242 valence electrons. The minimum absolute atomic E-state index is 0.908. The van der Waals surface area contributed by atoms with Crippen LogP contribution < -0.4 is 0 Å². The smallest absolute Gasteiger partial charge is 0.0970 e. The largest absolute Gasteiger partial charge is 0.309 e. The van der Waals surface area contributed by atoms with Crippen molar-refractivity contribution in [3.63, 3.8) is 0 Å². The number of nitrogens with zero attached hydrogens (tertiary/aromatic N) is 4. The highest BCUT2D eigenvalue weighted by atomic mass is 15.0. The fourth-order valence-electron chi connectivity index (χ4n) is 8.31. The Balaban J connectivity index is 0.987. The van der Waals surface area contributed by atoms with E-state index in [1.54, 1.807) is 0 Å². The second-order valence-corrected chi connectivity index (χ2v) is 13.4. The third-order valence-corrected chi connectivity index (χ3v) is 10.7. The lowest BCUT2D eigenvalue weighted by molar-refractivity contribution is 1.18. The van der Waals surface area contributed by atoms with Crippen LogP contribution in [0, 0.1) is 0 Å². The number of hydrogen-bond acceptors (Lipinski definition) is 2. The lowest BCUT2D eigenvalue weighted by atomic mass is 9.96. The van der Waals surface area contributed by atoms with Gasteiger partial charge in [0.1, 0.15) is 0 Å². The first-order valence-electron chi connectivity index (χ1n) is 17.7. The number of hydrogen-bond donors (Lipinski definition) is 0. The Bertz CT molecular complexity index is 2840. The van der Waals surface area contributed by atoms with Gasteiger partial charge in [-0.05, 0) is 82.9 Å². The number of rotatable bonds is 4. The van der Waals surface area contributed by atoms with Gasteiger partial charge in [-0.1, -0.05) is 109 Å². The highest BCUT2D eigenvalue weighted by Crippen LogP contribution is 2.38. The normalized spacial score (nSPS) is 11.8. The average molecular weight is 663 g/mol. The van der Waals surface area contributed by atoms with Crippen LogP contribution in [0.3, 0.4) is 0 Å². The molecular formula is C48H30N4. The summed E-state index contributed by atoms with van der Waals surface area (Å²) in [6.07, 6.45) is 3.82. The van der Waals surface area contributed by atoms with Crippen molar-refractivity contribution in [1.82, 2.24) is 19.1 Å². The molecule has 4 nitrogen and oxygen atoms in total. The van der Waals surface area contributed by atoms with Gasteiger partial charge in [0.2, 0.25) is 0 Å².